The van der Waals surface area contributed by atoms with E-state index in [0.717, 1.165) is 4.70 Å². The van der Waals surface area contributed by atoms with Crippen molar-refractivity contribution < 1.29 is 23.8 Å². The van der Waals surface area contributed by atoms with Crippen molar-refractivity contribution in [3.8, 4) is 5.75 Å². The molecular weight excluding hydrogens is 428 g/mol. The van der Waals surface area contributed by atoms with E-state index in [4.69, 9.17) is 9.15 Å². The number of carbonyl (C=O) groups is 2. The average Bonchev–Trinajstić information content (AvgIpc) is 3.53. The first kappa shape index (κ1) is 20.0. The number of benzene rings is 2. The SMILES string of the molecule is CCOc1ccc2nc(N3C(=O)C(O)=C(C(=O)c4ccco4)[C@@H]3c3ccccc3)sc2c1. The van der Waals surface area contributed by atoms with Crippen molar-refractivity contribution in [1.82, 2.24) is 4.98 Å². The second kappa shape index (κ2) is 7.97. The highest BCUT2D eigenvalue weighted by Crippen LogP contribution is 2.44. The number of ketones is 1. The Morgan fingerprint density at radius 2 is 2.00 bits per heavy atom. The van der Waals surface area contributed by atoms with Gasteiger partial charge in [-0.3, -0.25) is 14.5 Å². The minimum atomic E-state index is -0.840. The molecule has 1 amide bonds. The Morgan fingerprint density at radius 1 is 1.19 bits per heavy atom. The maximum absolute atomic E-state index is 13.2. The average molecular weight is 446 g/mol. The standard InChI is InChI=1S/C24H18N2O5S/c1-2-30-15-10-11-16-18(13-15)32-24(25-16)26-20(14-7-4-3-5-8-14)19(22(28)23(26)29)21(27)17-9-6-12-31-17/h3-13,20,28H,2H2,1H3/t20-/m0/s1. The number of furan rings is 1. The summed E-state index contributed by atoms with van der Waals surface area (Å²) >= 11 is 1.29. The van der Waals surface area contributed by atoms with Crippen molar-refractivity contribution in [2.45, 2.75) is 13.0 Å². The molecule has 0 fully saturated rings. The van der Waals surface area contributed by atoms with Crippen molar-refractivity contribution >= 4 is 38.4 Å². The lowest BCUT2D eigenvalue weighted by Gasteiger charge is -2.24. The van der Waals surface area contributed by atoms with E-state index in [1.165, 1.54) is 28.6 Å². The number of anilines is 1. The Bertz CT molecular complexity index is 1340. The van der Waals surface area contributed by atoms with Gasteiger partial charge in [0.05, 0.1) is 34.7 Å². The van der Waals surface area contributed by atoms with E-state index < -0.39 is 23.5 Å². The number of amides is 1. The molecule has 1 aliphatic rings. The van der Waals surface area contributed by atoms with E-state index in [1.54, 1.807) is 18.2 Å². The molecule has 0 aliphatic carbocycles. The summed E-state index contributed by atoms with van der Waals surface area (Å²) in [6.45, 7) is 2.44. The van der Waals surface area contributed by atoms with Gasteiger partial charge >= 0.3 is 0 Å². The number of Topliss-reactive ketones (excluding diaryl/α,β-unsaturated/α-hetero) is 1. The Balaban J connectivity index is 1.64. The Morgan fingerprint density at radius 3 is 2.72 bits per heavy atom. The number of aliphatic hydroxyl groups is 1. The molecule has 3 heterocycles. The van der Waals surface area contributed by atoms with Crippen LogP contribution in [0, 0.1) is 0 Å². The predicted octanol–water partition coefficient (Wildman–Crippen LogP) is 5.07. The highest BCUT2D eigenvalue weighted by atomic mass is 32.1. The number of nitrogens with zero attached hydrogens (tertiary/aromatic N) is 2. The molecule has 0 saturated heterocycles. The molecule has 5 rings (SSSR count). The number of fused-ring (bicyclic) bond motifs is 1. The van der Waals surface area contributed by atoms with Gasteiger partial charge < -0.3 is 14.3 Å². The monoisotopic (exact) mass is 446 g/mol. The van der Waals surface area contributed by atoms with Gasteiger partial charge in [-0.2, -0.15) is 0 Å². The van der Waals surface area contributed by atoms with Crippen molar-refractivity contribution in [1.29, 1.82) is 0 Å². The van der Waals surface area contributed by atoms with Crippen LogP contribution in [0.3, 0.4) is 0 Å². The van der Waals surface area contributed by atoms with Crippen molar-refractivity contribution in [2.75, 3.05) is 11.5 Å². The van der Waals surface area contributed by atoms with E-state index in [-0.39, 0.29) is 11.3 Å². The van der Waals surface area contributed by atoms with Crippen molar-refractivity contribution in [3.05, 3.63) is 89.6 Å². The zero-order chi connectivity index (χ0) is 22.2. The Kier molecular flexibility index (Phi) is 4.99. The van der Waals surface area contributed by atoms with Crippen LogP contribution in [-0.4, -0.2) is 28.4 Å². The third kappa shape index (κ3) is 3.25. The molecule has 7 nitrogen and oxygen atoms in total. The van der Waals surface area contributed by atoms with Crippen LogP contribution >= 0.6 is 11.3 Å². The molecule has 2 aromatic heterocycles. The van der Waals surface area contributed by atoms with Gasteiger partial charge in [0.15, 0.2) is 16.7 Å². The molecule has 4 aromatic rings. The third-order valence-corrected chi connectivity index (χ3v) is 6.20. The van der Waals surface area contributed by atoms with Crippen LogP contribution in [0.4, 0.5) is 5.13 Å². The summed E-state index contributed by atoms with van der Waals surface area (Å²) < 4.78 is 11.6. The summed E-state index contributed by atoms with van der Waals surface area (Å²) in [5.41, 5.74) is 1.33. The van der Waals surface area contributed by atoms with E-state index >= 15 is 0 Å². The first-order valence-corrected chi connectivity index (χ1v) is 10.8. The van der Waals surface area contributed by atoms with Crippen LogP contribution in [-0.2, 0) is 4.79 Å². The number of hydrogen-bond donors (Lipinski definition) is 1. The lowest BCUT2D eigenvalue weighted by molar-refractivity contribution is -0.117. The highest BCUT2D eigenvalue weighted by Gasteiger charge is 2.46. The molecule has 8 heteroatoms. The zero-order valence-corrected chi connectivity index (χ0v) is 17.8. The van der Waals surface area contributed by atoms with Gasteiger partial charge in [-0.05, 0) is 42.8 Å². The van der Waals surface area contributed by atoms with Crippen LogP contribution in [0.2, 0.25) is 0 Å². The number of rotatable bonds is 6. The second-order valence-electron chi connectivity index (χ2n) is 7.12. The molecule has 0 saturated carbocycles. The summed E-state index contributed by atoms with van der Waals surface area (Å²) in [4.78, 5) is 32.4. The first-order valence-electron chi connectivity index (χ1n) is 10.0. The minimum Gasteiger partial charge on any atom is -0.503 e. The molecule has 2 aromatic carbocycles. The van der Waals surface area contributed by atoms with Crippen molar-refractivity contribution in [3.63, 3.8) is 0 Å². The molecule has 0 radical (unpaired) electrons. The quantitative estimate of drug-likeness (QED) is 0.416. The first-order chi connectivity index (χ1) is 15.6. The topological polar surface area (TPSA) is 92.9 Å². The van der Waals surface area contributed by atoms with E-state index in [9.17, 15) is 14.7 Å². The molecule has 0 spiro atoms. The summed E-state index contributed by atoms with van der Waals surface area (Å²) in [5, 5.41) is 11.1. The van der Waals surface area contributed by atoms with Gasteiger partial charge in [0.2, 0.25) is 5.78 Å². The second-order valence-corrected chi connectivity index (χ2v) is 8.13. The van der Waals surface area contributed by atoms with Crippen LogP contribution < -0.4 is 9.64 Å². The Labute approximate surface area is 187 Å². The molecule has 1 aliphatic heterocycles. The predicted molar refractivity (Wildman–Crippen MR) is 120 cm³/mol. The molecule has 1 atom stereocenters. The molecule has 32 heavy (non-hydrogen) atoms. The minimum absolute atomic E-state index is 0.0367. The summed E-state index contributed by atoms with van der Waals surface area (Å²) in [5.74, 6) is -1.07. The number of aliphatic hydroxyl groups excluding tert-OH is 1. The fourth-order valence-electron chi connectivity index (χ4n) is 3.78. The van der Waals surface area contributed by atoms with Gasteiger partial charge in [-0.15, -0.1) is 0 Å². The number of hydrogen-bond acceptors (Lipinski definition) is 7. The number of carbonyl (C=O) groups excluding carboxylic acids is 2. The smallest absolute Gasteiger partial charge is 0.296 e. The maximum Gasteiger partial charge on any atom is 0.296 e. The summed E-state index contributed by atoms with van der Waals surface area (Å²) in [7, 11) is 0. The van der Waals surface area contributed by atoms with Gasteiger partial charge in [0, 0.05) is 0 Å². The molecule has 1 N–H and O–H groups in total. The maximum atomic E-state index is 13.2. The number of ether oxygens (including phenoxy) is 1. The number of thiazole rings is 1. The lowest BCUT2D eigenvalue weighted by Crippen LogP contribution is -2.30. The summed E-state index contributed by atoms with van der Waals surface area (Å²) in [6, 6.07) is 16.8. The fourth-order valence-corrected chi connectivity index (χ4v) is 4.80. The van der Waals surface area contributed by atoms with Gasteiger partial charge in [-0.25, -0.2) is 4.98 Å². The molecular formula is C24H18N2O5S. The summed E-state index contributed by atoms with van der Waals surface area (Å²) in [6.07, 6.45) is 1.38. The normalized spacial score (nSPS) is 16.2. The number of aromatic nitrogens is 1. The highest BCUT2D eigenvalue weighted by molar-refractivity contribution is 7.22. The molecule has 0 unspecified atom stereocenters. The molecule has 160 valence electrons. The molecule has 0 bridgehead atoms. The van der Waals surface area contributed by atoms with Gasteiger partial charge in [-0.1, -0.05) is 41.7 Å². The van der Waals surface area contributed by atoms with Gasteiger partial charge in [0.25, 0.3) is 5.91 Å². The lowest BCUT2D eigenvalue weighted by atomic mass is 9.95. The van der Waals surface area contributed by atoms with E-state index in [0.29, 0.717) is 28.6 Å². The zero-order valence-electron chi connectivity index (χ0n) is 17.0. The van der Waals surface area contributed by atoms with Crippen LogP contribution in [0.5, 0.6) is 5.75 Å². The van der Waals surface area contributed by atoms with Crippen molar-refractivity contribution in [2.24, 2.45) is 0 Å². The van der Waals surface area contributed by atoms with E-state index in [1.807, 2.05) is 43.3 Å². The van der Waals surface area contributed by atoms with Crippen LogP contribution in [0.15, 0.2) is 82.7 Å². The Hall–Kier alpha value is -3.91. The van der Waals surface area contributed by atoms with Crippen LogP contribution in [0.25, 0.3) is 10.2 Å². The third-order valence-electron chi connectivity index (χ3n) is 5.18. The fraction of sp³-hybridized carbons (Fsp3) is 0.125. The van der Waals surface area contributed by atoms with Crippen LogP contribution in [0.1, 0.15) is 29.1 Å². The van der Waals surface area contributed by atoms with Gasteiger partial charge in [0.1, 0.15) is 5.75 Å². The van der Waals surface area contributed by atoms with E-state index in [2.05, 4.69) is 4.98 Å². The largest absolute Gasteiger partial charge is 0.503 e.